The van der Waals surface area contributed by atoms with E-state index >= 15 is 0 Å². The SMILES string of the molecule is CCCn1c(CSc2cccc[n+]2[O-])nc2cc(S(=O)(=O)N3CCOCC3)ccc21. The summed E-state index contributed by atoms with van der Waals surface area (Å²) < 4.78 is 35.7. The van der Waals surface area contributed by atoms with Gasteiger partial charge in [-0.05, 0) is 42.4 Å². The van der Waals surface area contributed by atoms with E-state index in [4.69, 9.17) is 9.72 Å². The molecule has 1 aliphatic heterocycles. The van der Waals surface area contributed by atoms with Gasteiger partial charge in [0.25, 0.3) is 5.03 Å². The fraction of sp³-hybridized carbons (Fsp3) is 0.400. The standard InChI is InChI=1S/C20H24N4O4S2/c1-2-8-23-18-7-6-16(30(26,27)22-10-12-28-13-11-22)14-17(18)21-19(23)15-29-20-5-3-4-9-24(20)25/h3-7,9,14H,2,8,10-13,15H2,1H3. The van der Waals surface area contributed by atoms with E-state index < -0.39 is 10.0 Å². The van der Waals surface area contributed by atoms with Crippen molar-refractivity contribution in [2.24, 2.45) is 0 Å². The molecular formula is C20H24N4O4S2. The number of imidazole rings is 1. The van der Waals surface area contributed by atoms with Crippen molar-refractivity contribution in [2.75, 3.05) is 26.3 Å². The monoisotopic (exact) mass is 448 g/mol. The van der Waals surface area contributed by atoms with Gasteiger partial charge < -0.3 is 14.5 Å². The van der Waals surface area contributed by atoms with Gasteiger partial charge in [0.2, 0.25) is 10.0 Å². The Balaban J connectivity index is 1.66. The van der Waals surface area contributed by atoms with E-state index in [1.165, 1.54) is 22.3 Å². The lowest BCUT2D eigenvalue weighted by atomic mass is 10.3. The molecule has 1 fully saturated rings. The molecule has 1 saturated heterocycles. The first-order valence-corrected chi connectivity index (χ1v) is 12.3. The summed E-state index contributed by atoms with van der Waals surface area (Å²) in [6.07, 6.45) is 2.39. The zero-order valence-electron chi connectivity index (χ0n) is 16.7. The number of thioether (sulfide) groups is 1. The first-order valence-electron chi connectivity index (χ1n) is 9.89. The summed E-state index contributed by atoms with van der Waals surface area (Å²) in [6.45, 7) is 4.40. The molecule has 0 aliphatic carbocycles. The molecular weight excluding hydrogens is 424 g/mol. The van der Waals surface area contributed by atoms with Crippen LogP contribution >= 0.6 is 11.8 Å². The van der Waals surface area contributed by atoms with Gasteiger partial charge in [0.15, 0.2) is 6.20 Å². The second-order valence-corrected chi connectivity index (χ2v) is 9.93. The zero-order chi connectivity index (χ0) is 21.1. The lowest BCUT2D eigenvalue weighted by molar-refractivity contribution is -0.645. The number of rotatable bonds is 7. The van der Waals surface area contributed by atoms with Crippen molar-refractivity contribution in [1.82, 2.24) is 13.9 Å². The molecule has 4 rings (SSSR count). The van der Waals surface area contributed by atoms with Crippen LogP contribution in [0.4, 0.5) is 0 Å². The number of pyridine rings is 1. The number of aromatic nitrogens is 3. The highest BCUT2D eigenvalue weighted by molar-refractivity contribution is 7.98. The molecule has 0 radical (unpaired) electrons. The first-order chi connectivity index (χ1) is 14.5. The van der Waals surface area contributed by atoms with Crippen molar-refractivity contribution in [3.8, 4) is 0 Å². The average Bonchev–Trinajstić information content (AvgIpc) is 3.11. The summed E-state index contributed by atoms with van der Waals surface area (Å²) in [5.74, 6) is 1.34. The van der Waals surface area contributed by atoms with E-state index in [1.54, 1.807) is 24.3 Å². The fourth-order valence-electron chi connectivity index (χ4n) is 3.50. The van der Waals surface area contributed by atoms with Gasteiger partial charge in [-0.1, -0.05) is 6.92 Å². The van der Waals surface area contributed by atoms with Gasteiger partial charge in [-0.15, -0.1) is 0 Å². The highest BCUT2D eigenvalue weighted by Gasteiger charge is 2.27. The van der Waals surface area contributed by atoms with Crippen LogP contribution in [0.15, 0.2) is 52.5 Å². The molecule has 1 aliphatic rings. The number of morpholine rings is 1. The molecule has 1 aromatic carbocycles. The Hall–Kier alpha value is -2.14. The molecule has 0 unspecified atom stereocenters. The van der Waals surface area contributed by atoms with Gasteiger partial charge >= 0.3 is 0 Å². The average molecular weight is 449 g/mol. The summed E-state index contributed by atoms with van der Waals surface area (Å²) in [7, 11) is -3.58. The predicted octanol–water partition coefficient (Wildman–Crippen LogP) is 2.39. The Morgan fingerprint density at radius 2 is 2.03 bits per heavy atom. The van der Waals surface area contributed by atoms with E-state index in [2.05, 4.69) is 11.5 Å². The molecule has 0 bridgehead atoms. The van der Waals surface area contributed by atoms with Gasteiger partial charge in [-0.3, -0.25) is 0 Å². The maximum atomic E-state index is 13.0. The van der Waals surface area contributed by atoms with Crippen molar-refractivity contribution in [3.05, 3.63) is 53.6 Å². The third-order valence-corrected chi connectivity index (χ3v) is 7.90. The van der Waals surface area contributed by atoms with Crippen LogP contribution in [0.1, 0.15) is 19.2 Å². The number of ether oxygens (including phenoxy) is 1. The van der Waals surface area contributed by atoms with E-state index in [0.29, 0.717) is 42.6 Å². The summed E-state index contributed by atoms with van der Waals surface area (Å²) in [4.78, 5) is 4.97. The number of fused-ring (bicyclic) bond motifs is 1. The Kier molecular flexibility index (Phi) is 6.28. The van der Waals surface area contributed by atoms with Gasteiger partial charge in [-0.2, -0.15) is 9.04 Å². The minimum Gasteiger partial charge on any atom is -0.618 e. The molecule has 2 aromatic heterocycles. The number of sulfonamides is 1. The number of nitrogens with zero attached hydrogens (tertiary/aromatic N) is 4. The first kappa shape index (κ1) is 21.1. The van der Waals surface area contributed by atoms with E-state index in [9.17, 15) is 13.6 Å². The van der Waals surface area contributed by atoms with E-state index in [1.807, 2.05) is 12.1 Å². The quantitative estimate of drug-likeness (QED) is 0.313. The summed E-state index contributed by atoms with van der Waals surface area (Å²) in [5, 5.41) is 12.5. The van der Waals surface area contributed by atoms with Gasteiger partial charge in [0, 0.05) is 31.8 Å². The maximum absolute atomic E-state index is 13.0. The zero-order valence-corrected chi connectivity index (χ0v) is 18.4. The molecule has 0 amide bonds. The third-order valence-electron chi connectivity index (χ3n) is 4.99. The number of aryl methyl sites for hydroxylation is 1. The fourth-order valence-corrected chi connectivity index (χ4v) is 5.79. The highest BCUT2D eigenvalue weighted by Crippen LogP contribution is 2.26. The van der Waals surface area contributed by atoms with Crippen LogP contribution in [-0.2, 0) is 27.1 Å². The van der Waals surface area contributed by atoms with Crippen molar-refractivity contribution in [3.63, 3.8) is 0 Å². The van der Waals surface area contributed by atoms with Gasteiger partial charge in [0.1, 0.15) is 5.82 Å². The van der Waals surface area contributed by atoms with E-state index in [0.717, 1.165) is 29.0 Å². The molecule has 30 heavy (non-hydrogen) atoms. The minimum atomic E-state index is -3.58. The van der Waals surface area contributed by atoms with Crippen LogP contribution in [-0.4, -0.2) is 48.6 Å². The lowest BCUT2D eigenvalue weighted by Crippen LogP contribution is -2.40. The summed E-state index contributed by atoms with van der Waals surface area (Å²) >= 11 is 1.41. The topological polar surface area (TPSA) is 91.4 Å². The second-order valence-electron chi connectivity index (χ2n) is 7.00. The lowest BCUT2D eigenvalue weighted by Gasteiger charge is -2.26. The van der Waals surface area contributed by atoms with Crippen LogP contribution in [0.25, 0.3) is 11.0 Å². The molecule has 0 spiro atoms. The molecule has 3 aromatic rings. The minimum absolute atomic E-state index is 0.248. The number of hydrogen-bond acceptors (Lipinski definition) is 6. The molecule has 8 nitrogen and oxygen atoms in total. The Bertz CT molecular complexity index is 1140. The molecule has 0 N–H and O–H groups in total. The van der Waals surface area contributed by atoms with Gasteiger partial charge in [0.05, 0.1) is 34.9 Å². The van der Waals surface area contributed by atoms with Crippen molar-refractivity contribution < 1.29 is 17.9 Å². The Morgan fingerprint density at radius 3 is 2.77 bits per heavy atom. The molecule has 0 saturated carbocycles. The molecule has 160 valence electrons. The molecule has 0 atom stereocenters. The van der Waals surface area contributed by atoms with Crippen molar-refractivity contribution in [2.45, 2.75) is 35.6 Å². The Labute approximate surface area is 180 Å². The number of benzene rings is 1. The largest absolute Gasteiger partial charge is 0.618 e. The van der Waals surface area contributed by atoms with Crippen LogP contribution in [0.5, 0.6) is 0 Å². The summed E-state index contributed by atoms with van der Waals surface area (Å²) in [5.41, 5.74) is 1.55. The van der Waals surface area contributed by atoms with Gasteiger partial charge in [-0.25, -0.2) is 13.4 Å². The van der Waals surface area contributed by atoms with Crippen LogP contribution in [0, 0.1) is 5.21 Å². The number of hydrogen-bond donors (Lipinski definition) is 0. The normalized spacial score (nSPS) is 15.6. The van der Waals surface area contributed by atoms with Crippen LogP contribution < -0.4 is 4.73 Å². The smallest absolute Gasteiger partial charge is 0.251 e. The Morgan fingerprint density at radius 1 is 1.23 bits per heavy atom. The molecule has 3 heterocycles. The maximum Gasteiger partial charge on any atom is 0.251 e. The molecule has 10 heteroatoms. The van der Waals surface area contributed by atoms with E-state index in [-0.39, 0.29) is 4.90 Å². The van der Waals surface area contributed by atoms with Crippen molar-refractivity contribution in [1.29, 1.82) is 0 Å². The highest BCUT2D eigenvalue weighted by atomic mass is 32.2. The third kappa shape index (κ3) is 4.18. The second kappa shape index (κ2) is 8.93. The van der Waals surface area contributed by atoms with Crippen LogP contribution in [0.2, 0.25) is 0 Å². The predicted molar refractivity (Wildman–Crippen MR) is 115 cm³/mol. The van der Waals surface area contributed by atoms with Crippen LogP contribution in [0.3, 0.4) is 0 Å². The summed E-state index contributed by atoms with van der Waals surface area (Å²) in [6, 6.07) is 10.4. The van der Waals surface area contributed by atoms with Crippen molar-refractivity contribution >= 4 is 32.8 Å².